The summed E-state index contributed by atoms with van der Waals surface area (Å²) < 4.78 is 10.0. The molecule has 1 aliphatic rings. The van der Waals surface area contributed by atoms with Crippen LogP contribution in [0.4, 0.5) is 0 Å². The van der Waals surface area contributed by atoms with Crippen LogP contribution in [0.2, 0.25) is 0 Å². The average molecular weight is 466 g/mol. The number of benzene rings is 1. The number of carboxylic acid groups (broad SMARTS) is 1. The van der Waals surface area contributed by atoms with Crippen LogP contribution in [0.3, 0.4) is 0 Å². The molecule has 0 bridgehead atoms. The molecule has 1 saturated heterocycles. The van der Waals surface area contributed by atoms with E-state index in [1.54, 1.807) is 14.0 Å². The molecule has 11 nitrogen and oxygen atoms in total. The molecule has 1 heterocycles. The molecule has 0 saturated carbocycles. The van der Waals surface area contributed by atoms with E-state index >= 15 is 0 Å². The highest BCUT2D eigenvalue weighted by molar-refractivity contribution is 5.94. The number of ether oxygens (including phenoxy) is 2. The van der Waals surface area contributed by atoms with Gasteiger partial charge in [0.05, 0.1) is 19.6 Å². The first kappa shape index (κ1) is 27.6. The third-order valence-electron chi connectivity index (χ3n) is 5.07. The zero-order chi connectivity index (χ0) is 24.8. The van der Waals surface area contributed by atoms with Crippen molar-refractivity contribution in [3.63, 3.8) is 0 Å². The summed E-state index contributed by atoms with van der Waals surface area (Å²) in [4.78, 5) is 59.5. The summed E-state index contributed by atoms with van der Waals surface area (Å²) in [5.74, 6) is -2.07. The second-order valence-electron chi connectivity index (χ2n) is 7.24. The smallest absolute Gasteiger partial charge is 0.329 e. The molecule has 1 aromatic carbocycles. The minimum absolute atomic E-state index is 0.111. The standard InChI is InChI=1S/C21H29N3O6.CH2O2/c1-14(22-2)19(26)23-16(12-18(25)29-3)20(27)24-11-7-10-17(24)21(28)30-13-15-8-5-4-6-9-15;2-1-3/h4-6,8-9,14,16-17,22H,7,10-13H2,1-3H3,(H,23,26);1H,(H,2,3)/t14-,16-,17-;/m0./s1. The Balaban J connectivity index is 0.00000172. The quantitative estimate of drug-likeness (QED) is 0.340. The van der Waals surface area contributed by atoms with Crippen LogP contribution in [0.5, 0.6) is 0 Å². The van der Waals surface area contributed by atoms with Crippen LogP contribution in [0.25, 0.3) is 0 Å². The predicted molar refractivity (Wildman–Crippen MR) is 117 cm³/mol. The molecular formula is C22H31N3O8. The Kier molecular flexibility index (Phi) is 12.2. The Morgan fingerprint density at radius 2 is 1.88 bits per heavy atom. The number of esters is 2. The summed E-state index contributed by atoms with van der Waals surface area (Å²) >= 11 is 0. The van der Waals surface area contributed by atoms with Crippen LogP contribution in [0, 0.1) is 0 Å². The normalized spacial score (nSPS) is 16.5. The van der Waals surface area contributed by atoms with E-state index in [4.69, 9.17) is 14.6 Å². The van der Waals surface area contributed by atoms with Crippen LogP contribution in [0.1, 0.15) is 31.7 Å². The molecule has 0 unspecified atom stereocenters. The van der Waals surface area contributed by atoms with Gasteiger partial charge >= 0.3 is 11.9 Å². The molecule has 11 heteroatoms. The topological polar surface area (TPSA) is 151 Å². The van der Waals surface area contributed by atoms with Crippen molar-refractivity contribution in [1.29, 1.82) is 0 Å². The summed E-state index contributed by atoms with van der Waals surface area (Å²) in [6, 6.07) is 6.83. The van der Waals surface area contributed by atoms with Gasteiger partial charge in [-0.3, -0.25) is 19.2 Å². The molecule has 33 heavy (non-hydrogen) atoms. The Labute approximate surface area is 192 Å². The number of carbonyl (C=O) groups excluding carboxylic acids is 4. The van der Waals surface area contributed by atoms with Gasteiger partial charge in [-0.15, -0.1) is 0 Å². The number of likely N-dealkylation sites (tertiary alicyclic amines) is 1. The van der Waals surface area contributed by atoms with Gasteiger partial charge in [0.15, 0.2) is 0 Å². The zero-order valence-corrected chi connectivity index (χ0v) is 19.0. The summed E-state index contributed by atoms with van der Waals surface area (Å²) in [5, 5.41) is 12.2. The fourth-order valence-corrected chi connectivity index (χ4v) is 3.18. The van der Waals surface area contributed by atoms with E-state index in [9.17, 15) is 19.2 Å². The van der Waals surface area contributed by atoms with Crippen LogP contribution >= 0.6 is 0 Å². The minimum atomic E-state index is -1.12. The van der Waals surface area contributed by atoms with Gasteiger partial charge in [0.1, 0.15) is 18.7 Å². The number of nitrogens with one attached hydrogen (secondary N) is 2. The van der Waals surface area contributed by atoms with Crippen LogP contribution in [-0.4, -0.2) is 79.1 Å². The number of nitrogens with zero attached hydrogens (tertiary/aromatic N) is 1. The molecular weight excluding hydrogens is 434 g/mol. The van der Waals surface area contributed by atoms with Crippen molar-refractivity contribution in [3.05, 3.63) is 35.9 Å². The minimum Gasteiger partial charge on any atom is -0.483 e. The summed E-state index contributed by atoms with van der Waals surface area (Å²) in [6.45, 7) is 1.84. The van der Waals surface area contributed by atoms with Gasteiger partial charge in [-0.1, -0.05) is 30.3 Å². The van der Waals surface area contributed by atoms with Gasteiger partial charge in [-0.2, -0.15) is 0 Å². The number of likely N-dealkylation sites (N-methyl/N-ethyl adjacent to an activating group) is 1. The molecule has 3 N–H and O–H groups in total. The fourth-order valence-electron chi connectivity index (χ4n) is 3.18. The molecule has 1 aliphatic heterocycles. The van der Waals surface area contributed by atoms with Crippen molar-refractivity contribution in [2.45, 2.75) is 50.9 Å². The highest BCUT2D eigenvalue weighted by atomic mass is 16.5. The highest BCUT2D eigenvalue weighted by Crippen LogP contribution is 2.21. The van der Waals surface area contributed by atoms with Crippen molar-refractivity contribution in [3.8, 4) is 0 Å². The van der Waals surface area contributed by atoms with E-state index in [1.807, 2.05) is 30.3 Å². The van der Waals surface area contributed by atoms with Gasteiger partial charge in [0.2, 0.25) is 11.8 Å². The number of methoxy groups -OCH3 is 1. The first-order valence-electron chi connectivity index (χ1n) is 10.4. The zero-order valence-electron chi connectivity index (χ0n) is 19.0. The highest BCUT2D eigenvalue weighted by Gasteiger charge is 2.39. The van der Waals surface area contributed by atoms with Gasteiger partial charge in [-0.25, -0.2) is 4.79 Å². The van der Waals surface area contributed by atoms with E-state index < -0.39 is 41.9 Å². The monoisotopic (exact) mass is 465 g/mol. The maximum Gasteiger partial charge on any atom is 0.329 e. The average Bonchev–Trinajstić information content (AvgIpc) is 3.32. The number of hydrogen-bond donors (Lipinski definition) is 3. The van der Waals surface area contributed by atoms with E-state index in [2.05, 4.69) is 15.4 Å². The fraction of sp³-hybridized carbons (Fsp3) is 0.500. The number of hydrogen-bond acceptors (Lipinski definition) is 8. The van der Waals surface area contributed by atoms with Crippen molar-refractivity contribution in [2.24, 2.45) is 0 Å². The Morgan fingerprint density at radius 1 is 1.24 bits per heavy atom. The van der Waals surface area contributed by atoms with E-state index in [1.165, 1.54) is 12.0 Å². The lowest BCUT2D eigenvalue weighted by Gasteiger charge is -2.28. The summed E-state index contributed by atoms with van der Waals surface area (Å²) in [7, 11) is 2.82. The maximum absolute atomic E-state index is 13.1. The molecule has 3 atom stereocenters. The number of carbonyl (C=O) groups is 5. The largest absolute Gasteiger partial charge is 0.483 e. The molecule has 2 amide bonds. The first-order chi connectivity index (χ1) is 15.8. The summed E-state index contributed by atoms with van der Waals surface area (Å²) in [5.41, 5.74) is 0.846. The lowest BCUT2D eigenvalue weighted by molar-refractivity contribution is -0.156. The van der Waals surface area contributed by atoms with Crippen LogP contribution in [0.15, 0.2) is 30.3 Å². The van der Waals surface area contributed by atoms with Crippen LogP contribution in [-0.2, 0) is 40.1 Å². The van der Waals surface area contributed by atoms with Crippen LogP contribution < -0.4 is 10.6 Å². The molecule has 182 valence electrons. The Bertz CT molecular complexity index is 802. The second kappa shape index (κ2) is 14.6. The lowest BCUT2D eigenvalue weighted by atomic mass is 10.1. The number of rotatable bonds is 9. The third kappa shape index (κ3) is 8.89. The van der Waals surface area contributed by atoms with Gasteiger partial charge in [0.25, 0.3) is 6.47 Å². The van der Waals surface area contributed by atoms with Crippen molar-refractivity contribution >= 4 is 30.2 Å². The lowest BCUT2D eigenvalue weighted by Crippen LogP contribution is -2.55. The van der Waals surface area contributed by atoms with E-state index in [-0.39, 0.29) is 19.5 Å². The molecule has 1 fully saturated rings. The van der Waals surface area contributed by atoms with Gasteiger partial charge < -0.3 is 30.1 Å². The van der Waals surface area contributed by atoms with Crippen molar-refractivity contribution in [2.75, 3.05) is 20.7 Å². The number of amides is 2. The maximum atomic E-state index is 13.1. The Hall–Kier alpha value is -3.47. The third-order valence-corrected chi connectivity index (χ3v) is 5.07. The van der Waals surface area contributed by atoms with Crippen molar-refractivity contribution in [1.82, 2.24) is 15.5 Å². The molecule has 0 spiro atoms. The van der Waals surface area contributed by atoms with Gasteiger partial charge in [-0.05, 0) is 32.4 Å². The first-order valence-corrected chi connectivity index (χ1v) is 10.4. The molecule has 1 aromatic rings. The molecule has 0 aliphatic carbocycles. The van der Waals surface area contributed by atoms with Crippen molar-refractivity contribution < 1.29 is 38.6 Å². The second-order valence-corrected chi connectivity index (χ2v) is 7.24. The molecule has 0 radical (unpaired) electrons. The predicted octanol–water partition coefficient (Wildman–Crippen LogP) is 0.0774. The molecule has 0 aromatic heterocycles. The van der Waals surface area contributed by atoms with E-state index in [0.29, 0.717) is 19.4 Å². The molecule has 2 rings (SSSR count). The Morgan fingerprint density at radius 3 is 2.45 bits per heavy atom. The van der Waals surface area contributed by atoms with Gasteiger partial charge in [0, 0.05) is 6.54 Å². The summed E-state index contributed by atoms with van der Waals surface area (Å²) in [6.07, 6.45) is 0.771. The van der Waals surface area contributed by atoms with E-state index in [0.717, 1.165) is 5.56 Å². The SMILES string of the molecule is CN[C@@H](C)C(=O)N[C@@H](CC(=O)OC)C(=O)N1CCC[C@H]1C(=O)OCc1ccccc1.O=CO.